The molecule has 2 amide bonds. The molecule has 0 bridgehead atoms. The Kier molecular flexibility index (Phi) is 4.86. The molecule has 0 saturated heterocycles. The van der Waals surface area contributed by atoms with Crippen molar-refractivity contribution in [3.05, 3.63) is 24.0 Å². The zero-order valence-corrected chi connectivity index (χ0v) is 11.5. The number of amides is 2. The van der Waals surface area contributed by atoms with Crippen molar-refractivity contribution >= 4 is 17.5 Å². The van der Waals surface area contributed by atoms with Crippen molar-refractivity contribution in [2.45, 2.75) is 32.7 Å². The molecule has 4 N–H and O–H groups in total. The van der Waals surface area contributed by atoms with E-state index in [2.05, 4.69) is 15.6 Å². The summed E-state index contributed by atoms with van der Waals surface area (Å²) in [6, 6.07) is 1.54. The monoisotopic (exact) mass is 264 g/mol. The summed E-state index contributed by atoms with van der Waals surface area (Å²) >= 11 is 0. The average Bonchev–Trinajstić information content (AvgIpc) is 2.26. The van der Waals surface area contributed by atoms with Gasteiger partial charge in [0.1, 0.15) is 0 Å². The van der Waals surface area contributed by atoms with Crippen LogP contribution in [0.2, 0.25) is 0 Å². The molecule has 1 aromatic rings. The molecule has 19 heavy (non-hydrogen) atoms. The summed E-state index contributed by atoms with van der Waals surface area (Å²) in [6.45, 7) is 5.98. The lowest BCUT2D eigenvalue weighted by molar-refractivity contribution is -0.122. The van der Waals surface area contributed by atoms with Crippen LogP contribution in [-0.2, 0) is 4.79 Å². The van der Waals surface area contributed by atoms with Crippen molar-refractivity contribution in [1.82, 2.24) is 15.6 Å². The standard InChI is InChI=1S/C13H20N4O2/c1-13(2,3)17-11(18)5-7-16-12(19)9-4-6-15-8-10(9)14/h4,6,8H,5,7,14H2,1-3H3,(H,16,19)(H,17,18). The lowest BCUT2D eigenvalue weighted by atomic mass is 10.1. The fourth-order valence-corrected chi connectivity index (χ4v) is 1.48. The zero-order valence-electron chi connectivity index (χ0n) is 11.5. The van der Waals surface area contributed by atoms with Gasteiger partial charge in [-0.3, -0.25) is 14.6 Å². The molecule has 0 atom stereocenters. The Hall–Kier alpha value is -2.11. The van der Waals surface area contributed by atoms with E-state index in [1.807, 2.05) is 20.8 Å². The Morgan fingerprint density at radius 1 is 1.37 bits per heavy atom. The summed E-state index contributed by atoms with van der Waals surface area (Å²) in [7, 11) is 0. The Bertz CT molecular complexity index is 466. The minimum atomic E-state index is -0.302. The maximum atomic E-state index is 11.8. The second-order valence-electron chi connectivity index (χ2n) is 5.27. The Labute approximate surface area is 112 Å². The third-order valence-corrected chi connectivity index (χ3v) is 2.25. The van der Waals surface area contributed by atoms with Crippen LogP contribution in [0.15, 0.2) is 18.5 Å². The second-order valence-corrected chi connectivity index (χ2v) is 5.27. The third-order valence-electron chi connectivity index (χ3n) is 2.25. The minimum Gasteiger partial charge on any atom is -0.397 e. The molecule has 0 aliphatic carbocycles. The molecule has 1 heterocycles. The number of nitrogens with one attached hydrogen (secondary N) is 2. The zero-order chi connectivity index (χ0) is 14.5. The number of carbonyl (C=O) groups excluding carboxylic acids is 2. The molecule has 0 saturated carbocycles. The number of aromatic nitrogens is 1. The molecule has 6 heteroatoms. The van der Waals surface area contributed by atoms with E-state index in [9.17, 15) is 9.59 Å². The lowest BCUT2D eigenvalue weighted by Crippen LogP contribution is -2.42. The van der Waals surface area contributed by atoms with E-state index in [-0.39, 0.29) is 30.3 Å². The van der Waals surface area contributed by atoms with E-state index in [4.69, 9.17) is 5.73 Å². The third kappa shape index (κ3) is 5.37. The van der Waals surface area contributed by atoms with Crippen LogP contribution in [0, 0.1) is 0 Å². The highest BCUT2D eigenvalue weighted by Gasteiger charge is 2.14. The van der Waals surface area contributed by atoms with Crippen LogP contribution in [0.5, 0.6) is 0 Å². The van der Waals surface area contributed by atoms with Crippen LogP contribution >= 0.6 is 0 Å². The van der Waals surface area contributed by atoms with Crippen LogP contribution in [0.3, 0.4) is 0 Å². The number of hydrogen-bond donors (Lipinski definition) is 3. The van der Waals surface area contributed by atoms with Gasteiger partial charge in [-0.1, -0.05) is 0 Å². The predicted molar refractivity (Wildman–Crippen MR) is 73.5 cm³/mol. The second kappa shape index (κ2) is 6.17. The molecule has 0 fully saturated rings. The number of anilines is 1. The molecular formula is C13H20N4O2. The molecule has 6 nitrogen and oxygen atoms in total. The maximum Gasteiger partial charge on any atom is 0.253 e. The van der Waals surface area contributed by atoms with Crippen molar-refractivity contribution < 1.29 is 9.59 Å². The predicted octanol–water partition coefficient (Wildman–Crippen LogP) is 0.698. The average molecular weight is 264 g/mol. The molecule has 1 rings (SSSR count). The van der Waals surface area contributed by atoms with Crippen LogP contribution in [0.4, 0.5) is 5.69 Å². The van der Waals surface area contributed by atoms with Gasteiger partial charge < -0.3 is 16.4 Å². The fraction of sp³-hybridized carbons (Fsp3) is 0.462. The van der Waals surface area contributed by atoms with E-state index >= 15 is 0 Å². The molecule has 1 aromatic heterocycles. The summed E-state index contributed by atoms with van der Waals surface area (Å²) in [5.41, 5.74) is 6.05. The fourth-order valence-electron chi connectivity index (χ4n) is 1.48. The highest BCUT2D eigenvalue weighted by molar-refractivity contribution is 5.98. The topological polar surface area (TPSA) is 97.1 Å². The quantitative estimate of drug-likeness (QED) is 0.745. The molecular weight excluding hydrogens is 244 g/mol. The number of nitrogen functional groups attached to an aromatic ring is 1. The summed E-state index contributed by atoms with van der Waals surface area (Å²) in [4.78, 5) is 27.1. The first kappa shape index (κ1) is 14.9. The Morgan fingerprint density at radius 3 is 2.63 bits per heavy atom. The van der Waals surface area contributed by atoms with Crippen LogP contribution in [-0.4, -0.2) is 28.9 Å². The van der Waals surface area contributed by atoms with E-state index < -0.39 is 0 Å². The molecule has 104 valence electrons. The first-order valence-corrected chi connectivity index (χ1v) is 6.08. The Balaban J connectivity index is 2.40. The van der Waals surface area contributed by atoms with Crippen LogP contribution in [0.25, 0.3) is 0 Å². The van der Waals surface area contributed by atoms with Gasteiger partial charge in [-0.2, -0.15) is 0 Å². The van der Waals surface area contributed by atoms with E-state index in [1.165, 1.54) is 12.4 Å². The van der Waals surface area contributed by atoms with Gasteiger partial charge in [-0.05, 0) is 26.8 Å². The first-order chi connectivity index (χ1) is 8.79. The van der Waals surface area contributed by atoms with Crippen molar-refractivity contribution in [1.29, 1.82) is 0 Å². The number of rotatable bonds is 4. The van der Waals surface area contributed by atoms with E-state index in [0.29, 0.717) is 11.3 Å². The summed E-state index contributed by atoms with van der Waals surface area (Å²) < 4.78 is 0. The number of pyridine rings is 1. The summed E-state index contributed by atoms with van der Waals surface area (Å²) in [5.74, 6) is -0.404. The molecule has 0 unspecified atom stereocenters. The number of hydrogen-bond acceptors (Lipinski definition) is 4. The maximum absolute atomic E-state index is 11.8. The smallest absolute Gasteiger partial charge is 0.253 e. The van der Waals surface area contributed by atoms with Gasteiger partial charge in [0.05, 0.1) is 17.4 Å². The molecule has 0 aliphatic rings. The van der Waals surface area contributed by atoms with Gasteiger partial charge in [0, 0.05) is 24.7 Å². The summed E-state index contributed by atoms with van der Waals surface area (Å²) in [5, 5.41) is 5.47. The van der Waals surface area contributed by atoms with Gasteiger partial charge >= 0.3 is 0 Å². The highest BCUT2D eigenvalue weighted by atomic mass is 16.2. The van der Waals surface area contributed by atoms with Crippen molar-refractivity contribution in [2.75, 3.05) is 12.3 Å². The molecule has 0 aromatic carbocycles. The van der Waals surface area contributed by atoms with E-state index in [0.717, 1.165) is 0 Å². The Morgan fingerprint density at radius 2 is 2.05 bits per heavy atom. The number of nitrogens with zero attached hydrogens (tertiary/aromatic N) is 1. The molecule has 0 spiro atoms. The summed E-state index contributed by atoms with van der Waals surface area (Å²) in [6.07, 6.45) is 3.15. The normalized spacial score (nSPS) is 10.9. The van der Waals surface area contributed by atoms with Gasteiger partial charge in [0.15, 0.2) is 0 Å². The molecule has 0 aliphatic heterocycles. The van der Waals surface area contributed by atoms with Gasteiger partial charge in [-0.15, -0.1) is 0 Å². The SMILES string of the molecule is CC(C)(C)NC(=O)CCNC(=O)c1ccncc1N. The van der Waals surface area contributed by atoms with Gasteiger partial charge in [0.25, 0.3) is 5.91 Å². The van der Waals surface area contributed by atoms with Crippen molar-refractivity contribution in [2.24, 2.45) is 0 Å². The number of nitrogens with two attached hydrogens (primary N) is 1. The van der Waals surface area contributed by atoms with Crippen molar-refractivity contribution in [3.8, 4) is 0 Å². The van der Waals surface area contributed by atoms with Crippen LogP contribution in [0.1, 0.15) is 37.6 Å². The largest absolute Gasteiger partial charge is 0.397 e. The first-order valence-electron chi connectivity index (χ1n) is 6.08. The highest BCUT2D eigenvalue weighted by Crippen LogP contribution is 2.07. The lowest BCUT2D eigenvalue weighted by Gasteiger charge is -2.20. The van der Waals surface area contributed by atoms with E-state index in [1.54, 1.807) is 6.07 Å². The van der Waals surface area contributed by atoms with Crippen LogP contribution < -0.4 is 16.4 Å². The molecule has 0 radical (unpaired) electrons. The van der Waals surface area contributed by atoms with Gasteiger partial charge in [0.2, 0.25) is 5.91 Å². The number of carbonyl (C=O) groups is 2. The van der Waals surface area contributed by atoms with Gasteiger partial charge in [-0.25, -0.2) is 0 Å². The van der Waals surface area contributed by atoms with Crippen molar-refractivity contribution in [3.63, 3.8) is 0 Å². The minimum absolute atomic E-state index is 0.101.